The summed E-state index contributed by atoms with van der Waals surface area (Å²) in [4.78, 5) is 10.9. The van der Waals surface area contributed by atoms with E-state index in [1.165, 1.54) is 11.8 Å². The maximum absolute atomic E-state index is 11.9. The highest BCUT2D eigenvalue weighted by atomic mass is 32.2. The Balaban J connectivity index is 3.61. The van der Waals surface area contributed by atoms with Crippen molar-refractivity contribution >= 4 is 17.7 Å². The lowest BCUT2D eigenvalue weighted by molar-refractivity contribution is -0.304. The van der Waals surface area contributed by atoms with Gasteiger partial charge >= 0.3 is 6.18 Å². The van der Waals surface area contributed by atoms with Crippen molar-refractivity contribution in [2.75, 3.05) is 5.75 Å². The first kappa shape index (κ1) is 18.6. The molecule has 0 N–H and O–H groups in total. The van der Waals surface area contributed by atoms with Gasteiger partial charge < -0.3 is 9.90 Å². The monoisotopic (exact) mass is 299 g/mol. The average Bonchev–Trinajstić information content (AvgIpc) is 2.29. The fourth-order valence-corrected chi connectivity index (χ4v) is 2.80. The molecule has 0 aromatic rings. The van der Waals surface area contributed by atoms with Crippen molar-refractivity contribution in [1.82, 2.24) is 0 Å². The first-order valence-electron chi connectivity index (χ1n) is 6.76. The zero-order chi connectivity index (χ0) is 14.7. The summed E-state index contributed by atoms with van der Waals surface area (Å²) in [5, 5.41) is 10.3. The van der Waals surface area contributed by atoms with Gasteiger partial charge in [-0.3, -0.25) is 0 Å². The molecule has 0 amide bonds. The van der Waals surface area contributed by atoms with Crippen molar-refractivity contribution in [3.05, 3.63) is 0 Å². The topological polar surface area (TPSA) is 40.1 Å². The molecule has 6 heteroatoms. The van der Waals surface area contributed by atoms with Crippen LogP contribution in [-0.4, -0.2) is 23.1 Å². The van der Waals surface area contributed by atoms with E-state index in [-0.39, 0.29) is 6.42 Å². The number of halogens is 3. The van der Waals surface area contributed by atoms with E-state index < -0.39 is 23.8 Å². The van der Waals surface area contributed by atoms with Crippen LogP contribution in [0.4, 0.5) is 13.2 Å². The van der Waals surface area contributed by atoms with Crippen molar-refractivity contribution < 1.29 is 23.1 Å². The highest BCUT2D eigenvalue weighted by Gasteiger charge is 2.25. The van der Waals surface area contributed by atoms with Gasteiger partial charge in [-0.2, -0.15) is 24.9 Å². The molecule has 0 aromatic carbocycles. The number of carboxylic acid groups (broad SMARTS) is 1. The number of carbonyl (C=O) groups excluding carboxylic acids is 1. The smallest absolute Gasteiger partial charge is 0.389 e. The summed E-state index contributed by atoms with van der Waals surface area (Å²) in [7, 11) is 0. The molecule has 0 saturated carbocycles. The molecular formula is C13H22F3O2S-. The third kappa shape index (κ3) is 12.4. The van der Waals surface area contributed by atoms with Gasteiger partial charge in [0.1, 0.15) is 0 Å². The normalized spacial score (nSPS) is 13.5. The van der Waals surface area contributed by atoms with Crippen molar-refractivity contribution in [2.24, 2.45) is 0 Å². The number of thioether (sulfide) groups is 1. The maximum Gasteiger partial charge on any atom is 0.389 e. The van der Waals surface area contributed by atoms with Gasteiger partial charge in [-0.15, -0.1) is 0 Å². The second-order valence-electron chi connectivity index (χ2n) is 4.60. The van der Waals surface area contributed by atoms with Gasteiger partial charge in [-0.25, -0.2) is 0 Å². The molecule has 0 rings (SSSR count). The number of carboxylic acids is 1. The van der Waals surface area contributed by atoms with Crippen LogP contribution < -0.4 is 5.11 Å². The largest absolute Gasteiger partial charge is 0.549 e. The second kappa shape index (κ2) is 10.4. The Bertz CT molecular complexity index is 245. The average molecular weight is 299 g/mol. The van der Waals surface area contributed by atoms with Crippen LogP contribution in [0.5, 0.6) is 0 Å². The van der Waals surface area contributed by atoms with Crippen LogP contribution in [0, 0.1) is 0 Å². The number of aliphatic carboxylic acids is 1. The molecule has 0 fully saturated rings. The highest BCUT2D eigenvalue weighted by Crippen LogP contribution is 2.24. The van der Waals surface area contributed by atoms with Gasteiger partial charge in [0.25, 0.3) is 0 Å². The molecule has 114 valence electrons. The summed E-state index contributed by atoms with van der Waals surface area (Å²) < 4.78 is 35.6. The van der Waals surface area contributed by atoms with Crippen LogP contribution in [0.1, 0.15) is 58.3 Å². The molecule has 0 saturated heterocycles. The Kier molecular flexibility index (Phi) is 10.2. The van der Waals surface area contributed by atoms with Crippen LogP contribution >= 0.6 is 11.8 Å². The Labute approximate surface area is 117 Å². The summed E-state index contributed by atoms with van der Waals surface area (Å²) in [6, 6.07) is 0. The molecule has 0 heterocycles. The number of unbranched alkanes of at least 4 members (excludes halogenated alkanes) is 4. The molecule has 0 aliphatic heterocycles. The van der Waals surface area contributed by atoms with E-state index in [9.17, 15) is 23.1 Å². The maximum atomic E-state index is 11.9. The fourth-order valence-electron chi connectivity index (χ4n) is 1.68. The Morgan fingerprint density at radius 2 is 1.84 bits per heavy atom. The van der Waals surface area contributed by atoms with Crippen molar-refractivity contribution in [1.29, 1.82) is 0 Å². The predicted molar refractivity (Wildman–Crippen MR) is 69.9 cm³/mol. The van der Waals surface area contributed by atoms with Crippen LogP contribution in [-0.2, 0) is 4.79 Å². The van der Waals surface area contributed by atoms with Crippen LogP contribution in [0.25, 0.3) is 0 Å². The number of rotatable bonds is 11. The van der Waals surface area contributed by atoms with Crippen LogP contribution in [0.15, 0.2) is 0 Å². The lowest BCUT2D eigenvalue weighted by Gasteiger charge is -2.17. The Morgan fingerprint density at radius 1 is 1.16 bits per heavy atom. The van der Waals surface area contributed by atoms with E-state index in [2.05, 4.69) is 0 Å². The number of carbonyl (C=O) groups is 1. The highest BCUT2D eigenvalue weighted by molar-refractivity contribution is 8.00. The summed E-state index contributed by atoms with van der Waals surface area (Å²) >= 11 is 1.29. The molecule has 2 nitrogen and oxygen atoms in total. The Morgan fingerprint density at radius 3 is 2.37 bits per heavy atom. The van der Waals surface area contributed by atoms with Gasteiger partial charge in [-0.05, 0) is 25.0 Å². The zero-order valence-corrected chi connectivity index (χ0v) is 12.1. The third-order valence-corrected chi connectivity index (χ3v) is 4.11. The second-order valence-corrected chi connectivity index (χ2v) is 5.91. The summed E-state index contributed by atoms with van der Waals surface area (Å²) in [5.74, 6) is -0.473. The number of hydrogen-bond donors (Lipinski definition) is 0. The van der Waals surface area contributed by atoms with E-state index in [1.54, 1.807) is 0 Å². The summed E-state index contributed by atoms with van der Waals surface area (Å²) in [6.45, 7) is 2.04. The van der Waals surface area contributed by atoms with Crippen LogP contribution in [0.2, 0.25) is 0 Å². The SMILES string of the molecule is CCCCCC(SCCCCCC(F)(F)F)C(=O)[O-]. The van der Waals surface area contributed by atoms with E-state index in [0.717, 1.165) is 19.3 Å². The molecule has 1 atom stereocenters. The van der Waals surface area contributed by atoms with Crippen LogP contribution in [0.3, 0.4) is 0 Å². The van der Waals surface area contributed by atoms with Crippen molar-refractivity contribution in [2.45, 2.75) is 69.7 Å². The minimum atomic E-state index is -4.08. The lowest BCUT2D eigenvalue weighted by Crippen LogP contribution is -2.33. The standard InChI is InChI=1S/C13H23F3O2S/c1-2-3-5-8-11(12(17)18)19-10-7-4-6-9-13(14,15)16/h11H,2-10H2,1H3,(H,17,18)/p-1. The molecule has 0 aliphatic rings. The van der Waals surface area contributed by atoms with Gasteiger partial charge in [0.15, 0.2) is 0 Å². The number of hydrogen-bond acceptors (Lipinski definition) is 3. The van der Waals surface area contributed by atoms with Crippen molar-refractivity contribution in [3.8, 4) is 0 Å². The number of alkyl halides is 3. The van der Waals surface area contributed by atoms with Gasteiger partial charge in [0, 0.05) is 11.7 Å². The first-order chi connectivity index (χ1) is 8.87. The fraction of sp³-hybridized carbons (Fsp3) is 0.923. The molecule has 0 spiro atoms. The third-order valence-electron chi connectivity index (χ3n) is 2.76. The molecule has 0 aromatic heterocycles. The molecular weight excluding hydrogens is 277 g/mol. The molecule has 1 unspecified atom stereocenters. The first-order valence-corrected chi connectivity index (χ1v) is 7.81. The Hall–Kier alpha value is -0.390. The quantitative estimate of drug-likeness (QED) is 0.548. The predicted octanol–water partition coefficient (Wildman–Crippen LogP) is 3.54. The summed E-state index contributed by atoms with van der Waals surface area (Å²) in [5.41, 5.74) is 0. The zero-order valence-electron chi connectivity index (χ0n) is 11.3. The van der Waals surface area contributed by atoms with E-state index in [4.69, 9.17) is 0 Å². The van der Waals surface area contributed by atoms with Gasteiger partial charge in [-0.1, -0.05) is 32.6 Å². The van der Waals surface area contributed by atoms with E-state index >= 15 is 0 Å². The lowest BCUT2D eigenvalue weighted by atomic mass is 10.1. The minimum absolute atomic E-state index is 0.121. The van der Waals surface area contributed by atoms with Gasteiger partial charge in [0.2, 0.25) is 0 Å². The molecule has 0 bridgehead atoms. The minimum Gasteiger partial charge on any atom is -0.549 e. The molecule has 19 heavy (non-hydrogen) atoms. The molecule has 0 aliphatic carbocycles. The van der Waals surface area contributed by atoms with E-state index in [0.29, 0.717) is 25.0 Å². The van der Waals surface area contributed by atoms with Gasteiger partial charge in [0.05, 0.1) is 5.97 Å². The van der Waals surface area contributed by atoms with Crippen molar-refractivity contribution in [3.63, 3.8) is 0 Å². The van der Waals surface area contributed by atoms with E-state index in [1.807, 2.05) is 6.92 Å². The summed E-state index contributed by atoms with van der Waals surface area (Å²) in [6.07, 6.45) is -0.133. The molecule has 0 radical (unpaired) electrons.